The summed E-state index contributed by atoms with van der Waals surface area (Å²) in [6.45, 7) is 0. The van der Waals surface area contributed by atoms with Gasteiger partial charge in [-0.25, -0.2) is 4.79 Å². The molecule has 1 rings (SSSR count). The highest BCUT2D eigenvalue weighted by Crippen LogP contribution is 2.20. The number of hydrogen-bond donors (Lipinski definition) is 5. The summed E-state index contributed by atoms with van der Waals surface area (Å²) in [5.41, 5.74) is -0.509. The zero-order valence-electron chi connectivity index (χ0n) is 6.53. The second-order valence-electron chi connectivity index (χ2n) is 2.84. The first-order valence-corrected chi connectivity index (χ1v) is 3.62. The molecule has 5 N–H and O–H groups in total. The fourth-order valence-electron chi connectivity index (χ4n) is 1.15. The maximum atomic E-state index is 10.4. The van der Waals surface area contributed by atoms with Crippen LogP contribution in [-0.2, 0) is 4.79 Å². The molecule has 6 heteroatoms. The highest BCUT2D eigenvalue weighted by atomic mass is 16.4. The van der Waals surface area contributed by atoms with Crippen molar-refractivity contribution < 1.29 is 30.3 Å². The van der Waals surface area contributed by atoms with Crippen molar-refractivity contribution in [3.8, 4) is 0 Å². The first-order valence-electron chi connectivity index (χ1n) is 3.62. The van der Waals surface area contributed by atoms with E-state index < -0.39 is 36.0 Å². The van der Waals surface area contributed by atoms with E-state index in [1.165, 1.54) is 0 Å². The van der Waals surface area contributed by atoms with Crippen molar-refractivity contribution in [2.75, 3.05) is 0 Å². The lowest BCUT2D eigenvalue weighted by atomic mass is 9.90. The van der Waals surface area contributed by atoms with E-state index >= 15 is 0 Å². The van der Waals surface area contributed by atoms with Gasteiger partial charge in [-0.2, -0.15) is 0 Å². The van der Waals surface area contributed by atoms with Crippen molar-refractivity contribution in [3.63, 3.8) is 0 Å². The van der Waals surface area contributed by atoms with E-state index in [-0.39, 0.29) is 0 Å². The Labute approximate surface area is 73.4 Å². The average Bonchev–Trinajstić information content (AvgIpc) is 2.07. The van der Waals surface area contributed by atoms with E-state index in [2.05, 4.69) is 0 Å². The molecule has 0 aromatic carbocycles. The molecule has 0 fully saturated rings. The molecule has 0 amide bonds. The Morgan fingerprint density at radius 1 is 1.15 bits per heavy atom. The Morgan fingerprint density at radius 3 is 2.15 bits per heavy atom. The Morgan fingerprint density at radius 2 is 1.69 bits per heavy atom. The zero-order chi connectivity index (χ0) is 10.2. The van der Waals surface area contributed by atoms with Crippen LogP contribution in [0.15, 0.2) is 11.6 Å². The molecule has 13 heavy (non-hydrogen) atoms. The van der Waals surface area contributed by atoms with Gasteiger partial charge in [0.15, 0.2) is 0 Å². The lowest BCUT2D eigenvalue weighted by Gasteiger charge is -2.30. The Kier molecular flexibility index (Phi) is 2.67. The highest BCUT2D eigenvalue weighted by molar-refractivity contribution is 5.88. The molecule has 0 radical (unpaired) electrons. The molecule has 74 valence electrons. The molecule has 4 atom stereocenters. The molecule has 1 aliphatic carbocycles. The van der Waals surface area contributed by atoms with Gasteiger partial charge in [0.1, 0.15) is 24.4 Å². The largest absolute Gasteiger partial charge is 0.478 e. The molecule has 4 unspecified atom stereocenters. The van der Waals surface area contributed by atoms with E-state index in [1.54, 1.807) is 0 Å². The minimum atomic E-state index is -1.67. The molecule has 0 aliphatic heterocycles. The number of rotatable bonds is 1. The Hall–Kier alpha value is -0.950. The van der Waals surface area contributed by atoms with Crippen molar-refractivity contribution in [2.45, 2.75) is 24.4 Å². The first kappa shape index (κ1) is 10.1. The van der Waals surface area contributed by atoms with Crippen molar-refractivity contribution in [2.24, 2.45) is 0 Å². The van der Waals surface area contributed by atoms with Gasteiger partial charge in [0.2, 0.25) is 0 Å². The molecule has 1 aliphatic rings. The second kappa shape index (κ2) is 3.43. The SMILES string of the molecule is O=C(O)C1=CC(O)C(O)C(O)C1O. The van der Waals surface area contributed by atoms with Crippen LogP contribution in [0.25, 0.3) is 0 Å². The van der Waals surface area contributed by atoms with Crippen molar-refractivity contribution >= 4 is 5.97 Å². The van der Waals surface area contributed by atoms with Crippen molar-refractivity contribution in [3.05, 3.63) is 11.6 Å². The zero-order valence-corrected chi connectivity index (χ0v) is 6.53. The first-order chi connectivity index (χ1) is 5.95. The molecule has 6 nitrogen and oxygen atoms in total. The van der Waals surface area contributed by atoms with Crippen LogP contribution in [0, 0.1) is 0 Å². The molecule has 0 bridgehead atoms. The molecule has 0 saturated heterocycles. The van der Waals surface area contributed by atoms with Gasteiger partial charge in [-0.1, -0.05) is 0 Å². The monoisotopic (exact) mass is 190 g/mol. The van der Waals surface area contributed by atoms with Crippen molar-refractivity contribution in [1.29, 1.82) is 0 Å². The van der Waals surface area contributed by atoms with E-state index in [1.807, 2.05) is 0 Å². The number of aliphatic hydroxyl groups is 4. The molecule has 0 aromatic heterocycles. The summed E-state index contributed by atoms with van der Waals surface area (Å²) in [7, 11) is 0. The quantitative estimate of drug-likeness (QED) is 0.311. The number of aliphatic hydroxyl groups excluding tert-OH is 4. The van der Waals surface area contributed by atoms with Crippen LogP contribution in [0.1, 0.15) is 0 Å². The topological polar surface area (TPSA) is 118 Å². The average molecular weight is 190 g/mol. The molecule has 0 saturated carbocycles. The van der Waals surface area contributed by atoms with Gasteiger partial charge >= 0.3 is 5.97 Å². The van der Waals surface area contributed by atoms with Crippen LogP contribution in [0.2, 0.25) is 0 Å². The summed E-state index contributed by atoms with van der Waals surface area (Å²) < 4.78 is 0. The van der Waals surface area contributed by atoms with Gasteiger partial charge < -0.3 is 25.5 Å². The maximum absolute atomic E-state index is 10.4. The summed E-state index contributed by atoms with van der Waals surface area (Å²) in [6.07, 6.45) is -5.56. The lowest BCUT2D eigenvalue weighted by Crippen LogP contribution is -2.49. The van der Waals surface area contributed by atoms with Crippen molar-refractivity contribution in [1.82, 2.24) is 0 Å². The summed E-state index contributed by atoms with van der Waals surface area (Å²) >= 11 is 0. The van der Waals surface area contributed by atoms with Crippen LogP contribution in [0.3, 0.4) is 0 Å². The third-order valence-electron chi connectivity index (χ3n) is 1.94. The number of aliphatic carboxylic acids is 1. The summed E-state index contributed by atoms with van der Waals surface area (Å²) in [5.74, 6) is -1.43. The van der Waals surface area contributed by atoms with Crippen LogP contribution in [0.5, 0.6) is 0 Å². The van der Waals surface area contributed by atoms with Crippen LogP contribution >= 0.6 is 0 Å². The molecule has 0 heterocycles. The van der Waals surface area contributed by atoms with Crippen LogP contribution < -0.4 is 0 Å². The molecular weight excluding hydrogens is 180 g/mol. The predicted octanol–water partition coefficient (Wildman–Crippen LogP) is -2.55. The van der Waals surface area contributed by atoms with E-state index in [9.17, 15) is 4.79 Å². The minimum Gasteiger partial charge on any atom is -0.478 e. The lowest BCUT2D eigenvalue weighted by molar-refractivity contribution is -0.138. The van der Waals surface area contributed by atoms with Gasteiger partial charge in [0, 0.05) is 0 Å². The normalized spacial score (nSPS) is 39.8. The standard InChI is InChI=1S/C7H10O6/c8-3-1-2(7(12)13)4(9)6(11)5(3)10/h1,3-6,8-11H,(H,12,13). The number of hydrogen-bond acceptors (Lipinski definition) is 5. The Bertz CT molecular complexity index is 247. The number of carboxylic acids is 1. The van der Waals surface area contributed by atoms with Crippen LogP contribution in [-0.4, -0.2) is 55.9 Å². The molecule has 0 aromatic rings. The second-order valence-corrected chi connectivity index (χ2v) is 2.84. The third kappa shape index (κ3) is 1.70. The minimum absolute atomic E-state index is 0.509. The molecular formula is C7H10O6. The fraction of sp³-hybridized carbons (Fsp3) is 0.571. The number of carboxylic acid groups (broad SMARTS) is 1. The van der Waals surface area contributed by atoms with E-state index in [0.717, 1.165) is 6.08 Å². The Balaban J connectivity index is 2.97. The van der Waals surface area contributed by atoms with Gasteiger partial charge in [-0.3, -0.25) is 0 Å². The van der Waals surface area contributed by atoms with Gasteiger partial charge in [0.25, 0.3) is 0 Å². The van der Waals surface area contributed by atoms with Gasteiger partial charge in [-0.05, 0) is 6.08 Å². The molecule has 0 spiro atoms. The fourth-order valence-corrected chi connectivity index (χ4v) is 1.15. The summed E-state index contributed by atoms with van der Waals surface area (Å²) in [5, 5.41) is 44.7. The third-order valence-corrected chi connectivity index (χ3v) is 1.94. The maximum Gasteiger partial charge on any atom is 0.334 e. The van der Waals surface area contributed by atoms with Crippen LogP contribution in [0.4, 0.5) is 0 Å². The predicted molar refractivity (Wildman–Crippen MR) is 39.7 cm³/mol. The smallest absolute Gasteiger partial charge is 0.334 e. The number of carbonyl (C=O) groups is 1. The summed E-state index contributed by atoms with van der Waals surface area (Å²) in [4.78, 5) is 10.4. The summed E-state index contributed by atoms with van der Waals surface area (Å²) in [6, 6.07) is 0. The van der Waals surface area contributed by atoms with E-state index in [4.69, 9.17) is 25.5 Å². The van der Waals surface area contributed by atoms with E-state index in [0.29, 0.717) is 0 Å². The van der Waals surface area contributed by atoms with Gasteiger partial charge in [-0.15, -0.1) is 0 Å². The highest BCUT2D eigenvalue weighted by Gasteiger charge is 2.38. The van der Waals surface area contributed by atoms with Gasteiger partial charge in [0.05, 0.1) is 5.57 Å².